The zero-order valence-corrected chi connectivity index (χ0v) is 18.3. The van der Waals surface area contributed by atoms with Gasteiger partial charge in [0.2, 0.25) is 10.0 Å². The summed E-state index contributed by atoms with van der Waals surface area (Å²) in [5.74, 6) is 0.429. The number of rotatable bonds is 5. The van der Waals surface area contributed by atoms with Crippen LogP contribution in [0.25, 0.3) is 0 Å². The lowest BCUT2D eigenvalue weighted by Crippen LogP contribution is -2.50. The number of sulfonamides is 1. The maximum atomic E-state index is 13.0. The van der Waals surface area contributed by atoms with Crippen LogP contribution in [-0.2, 0) is 10.0 Å². The molecule has 0 N–H and O–H groups in total. The molecule has 0 saturated carbocycles. The van der Waals surface area contributed by atoms with Crippen LogP contribution in [0.3, 0.4) is 0 Å². The molecule has 1 aromatic heterocycles. The Hall–Kier alpha value is -1.90. The fourth-order valence-electron chi connectivity index (χ4n) is 3.30. The molecule has 1 aromatic carbocycles. The van der Waals surface area contributed by atoms with Gasteiger partial charge < -0.3 is 9.64 Å². The number of ether oxygens (including phenoxy) is 1. The average Bonchev–Trinajstić information content (AvgIpc) is 3.00. The van der Waals surface area contributed by atoms with Crippen molar-refractivity contribution in [3.63, 3.8) is 0 Å². The molecule has 0 radical (unpaired) electrons. The van der Waals surface area contributed by atoms with Crippen LogP contribution in [0.2, 0.25) is 0 Å². The van der Waals surface area contributed by atoms with E-state index in [1.807, 2.05) is 39.8 Å². The van der Waals surface area contributed by atoms with E-state index in [2.05, 4.69) is 0 Å². The predicted octanol–water partition coefficient (Wildman–Crippen LogP) is 3.30. The summed E-state index contributed by atoms with van der Waals surface area (Å²) >= 11 is 1.48. The molecule has 6 nitrogen and oxygen atoms in total. The van der Waals surface area contributed by atoms with Gasteiger partial charge in [-0.05, 0) is 45.9 Å². The molecule has 1 aliphatic rings. The first-order valence-corrected chi connectivity index (χ1v) is 11.6. The SMILES string of the molecule is Cc1cc(S(=O)(=O)N2CCN(C(=O)c3ccccc3OC(C)C)CC2)c(C)s1. The summed E-state index contributed by atoms with van der Waals surface area (Å²) in [7, 11) is -3.53. The van der Waals surface area contributed by atoms with Gasteiger partial charge in [-0.3, -0.25) is 4.79 Å². The number of carbonyl (C=O) groups excluding carboxylic acids is 1. The molecule has 0 aliphatic carbocycles. The van der Waals surface area contributed by atoms with Crippen molar-refractivity contribution in [2.75, 3.05) is 26.2 Å². The lowest BCUT2D eigenvalue weighted by atomic mass is 10.1. The van der Waals surface area contributed by atoms with Crippen LogP contribution in [-0.4, -0.2) is 55.8 Å². The minimum absolute atomic E-state index is 0.0340. The Kier molecular flexibility index (Phi) is 6.12. The molecule has 1 aliphatic heterocycles. The molecule has 0 bridgehead atoms. The molecule has 2 aromatic rings. The van der Waals surface area contributed by atoms with Crippen LogP contribution in [0.15, 0.2) is 35.2 Å². The van der Waals surface area contributed by atoms with Crippen molar-refractivity contribution >= 4 is 27.3 Å². The number of carbonyl (C=O) groups is 1. The quantitative estimate of drug-likeness (QED) is 0.742. The zero-order chi connectivity index (χ0) is 20.5. The number of hydrogen-bond acceptors (Lipinski definition) is 5. The van der Waals surface area contributed by atoms with Gasteiger partial charge in [0, 0.05) is 35.9 Å². The first kappa shape index (κ1) is 20.8. The Morgan fingerprint density at radius 1 is 1.11 bits per heavy atom. The third-order valence-corrected chi connectivity index (χ3v) is 7.74. The summed E-state index contributed by atoms with van der Waals surface area (Å²) in [6.45, 7) is 8.86. The highest BCUT2D eigenvalue weighted by molar-refractivity contribution is 7.89. The smallest absolute Gasteiger partial charge is 0.257 e. The molecule has 0 unspecified atom stereocenters. The normalized spacial score (nSPS) is 15.8. The second-order valence-electron chi connectivity index (χ2n) is 7.14. The summed E-state index contributed by atoms with van der Waals surface area (Å²) < 4.78 is 33.1. The molecule has 3 rings (SSSR count). The molecule has 1 amide bonds. The fraction of sp³-hybridized carbons (Fsp3) is 0.450. The summed E-state index contributed by atoms with van der Waals surface area (Å²) in [6.07, 6.45) is -0.0340. The summed E-state index contributed by atoms with van der Waals surface area (Å²) in [5, 5.41) is 0. The number of aryl methyl sites for hydroxylation is 2. The van der Waals surface area contributed by atoms with E-state index in [0.29, 0.717) is 29.3 Å². The highest BCUT2D eigenvalue weighted by Crippen LogP contribution is 2.29. The van der Waals surface area contributed by atoms with E-state index < -0.39 is 10.0 Å². The lowest BCUT2D eigenvalue weighted by molar-refractivity contribution is 0.0692. The summed E-state index contributed by atoms with van der Waals surface area (Å²) in [4.78, 5) is 16.8. The van der Waals surface area contributed by atoms with E-state index in [1.165, 1.54) is 15.6 Å². The Morgan fingerprint density at radius 3 is 2.32 bits per heavy atom. The lowest BCUT2D eigenvalue weighted by Gasteiger charge is -2.34. The van der Waals surface area contributed by atoms with E-state index in [1.54, 1.807) is 23.1 Å². The Labute approximate surface area is 170 Å². The van der Waals surface area contributed by atoms with Gasteiger partial charge in [-0.2, -0.15) is 4.31 Å². The Bertz CT molecular complexity index is 958. The van der Waals surface area contributed by atoms with Crippen LogP contribution >= 0.6 is 11.3 Å². The molecule has 0 spiro atoms. The van der Waals surface area contributed by atoms with Gasteiger partial charge in [-0.1, -0.05) is 12.1 Å². The van der Waals surface area contributed by atoms with Crippen LogP contribution in [0.4, 0.5) is 0 Å². The van der Waals surface area contributed by atoms with Gasteiger partial charge in [-0.15, -0.1) is 11.3 Å². The monoisotopic (exact) mass is 422 g/mol. The molecule has 0 atom stereocenters. The van der Waals surface area contributed by atoms with Crippen LogP contribution in [0.1, 0.15) is 34.0 Å². The van der Waals surface area contributed by atoms with Gasteiger partial charge in [0.1, 0.15) is 5.75 Å². The molecule has 2 heterocycles. The number of hydrogen-bond donors (Lipinski definition) is 0. The number of thiophene rings is 1. The summed E-state index contributed by atoms with van der Waals surface area (Å²) in [5.41, 5.74) is 0.511. The van der Waals surface area contributed by atoms with Crippen molar-refractivity contribution in [2.24, 2.45) is 0 Å². The minimum atomic E-state index is -3.53. The van der Waals surface area contributed by atoms with E-state index in [-0.39, 0.29) is 25.1 Å². The van der Waals surface area contributed by atoms with Crippen molar-refractivity contribution in [1.29, 1.82) is 0 Å². The molecule has 152 valence electrons. The summed E-state index contributed by atoms with van der Waals surface area (Å²) in [6, 6.07) is 8.91. The van der Waals surface area contributed by atoms with Crippen molar-refractivity contribution < 1.29 is 17.9 Å². The third-order valence-electron chi connectivity index (χ3n) is 4.62. The highest BCUT2D eigenvalue weighted by atomic mass is 32.2. The van der Waals surface area contributed by atoms with Crippen molar-refractivity contribution in [2.45, 2.75) is 38.7 Å². The first-order chi connectivity index (χ1) is 13.2. The van der Waals surface area contributed by atoms with Gasteiger partial charge in [-0.25, -0.2) is 8.42 Å². The number of para-hydroxylation sites is 1. The van der Waals surface area contributed by atoms with E-state index in [4.69, 9.17) is 4.74 Å². The maximum Gasteiger partial charge on any atom is 0.257 e. The minimum Gasteiger partial charge on any atom is -0.490 e. The Morgan fingerprint density at radius 2 is 1.75 bits per heavy atom. The van der Waals surface area contributed by atoms with Crippen molar-refractivity contribution in [3.05, 3.63) is 45.6 Å². The molecular weight excluding hydrogens is 396 g/mol. The van der Waals surface area contributed by atoms with Crippen LogP contribution < -0.4 is 4.74 Å². The first-order valence-electron chi connectivity index (χ1n) is 9.32. The van der Waals surface area contributed by atoms with Gasteiger partial charge >= 0.3 is 0 Å². The second kappa shape index (κ2) is 8.23. The van der Waals surface area contributed by atoms with Gasteiger partial charge in [0.05, 0.1) is 16.6 Å². The standard InChI is InChI=1S/C20H26N2O4S2/c1-14(2)26-18-8-6-5-7-17(18)20(23)21-9-11-22(12-10-21)28(24,25)19-13-15(3)27-16(19)4/h5-8,13-14H,9-12H2,1-4H3. The zero-order valence-electron chi connectivity index (χ0n) is 16.6. The average molecular weight is 423 g/mol. The number of piperazine rings is 1. The Balaban J connectivity index is 1.72. The van der Waals surface area contributed by atoms with Crippen LogP contribution in [0, 0.1) is 13.8 Å². The fourth-order valence-corrected chi connectivity index (χ4v) is 6.25. The number of nitrogens with zero attached hydrogens (tertiary/aromatic N) is 2. The van der Waals surface area contributed by atoms with Crippen molar-refractivity contribution in [1.82, 2.24) is 9.21 Å². The maximum absolute atomic E-state index is 13.0. The molecule has 28 heavy (non-hydrogen) atoms. The number of amides is 1. The third kappa shape index (κ3) is 4.24. The highest BCUT2D eigenvalue weighted by Gasteiger charge is 2.32. The van der Waals surface area contributed by atoms with Crippen LogP contribution in [0.5, 0.6) is 5.75 Å². The molecular formula is C20H26N2O4S2. The van der Waals surface area contributed by atoms with E-state index >= 15 is 0 Å². The topological polar surface area (TPSA) is 66.9 Å². The largest absolute Gasteiger partial charge is 0.490 e. The van der Waals surface area contributed by atoms with Gasteiger partial charge in [0.15, 0.2) is 0 Å². The van der Waals surface area contributed by atoms with E-state index in [9.17, 15) is 13.2 Å². The van der Waals surface area contributed by atoms with Crippen molar-refractivity contribution in [3.8, 4) is 5.75 Å². The van der Waals surface area contributed by atoms with E-state index in [0.717, 1.165) is 9.75 Å². The number of benzene rings is 1. The molecule has 1 fully saturated rings. The molecule has 8 heteroatoms. The van der Waals surface area contributed by atoms with Gasteiger partial charge in [0.25, 0.3) is 5.91 Å². The molecule has 1 saturated heterocycles. The second-order valence-corrected chi connectivity index (χ2v) is 10.5. The predicted molar refractivity (Wildman–Crippen MR) is 111 cm³/mol.